The third kappa shape index (κ3) is 2.74. The predicted octanol–water partition coefficient (Wildman–Crippen LogP) is 1.77. The lowest BCUT2D eigenvalue weighted by Crippen LogP contribution is -1.97. The van der Waals surface area contributed by atoms with E-state index in [1.807, 2.05) is 0 Å². The van der Waals surface area contributed by atoms with Crippen molar-refractivity contribution in [1.29, 1.82) is 0 Å². The van der Waals surface area contributed by atoms with Gasteiger partial charge in [-0.1, -0.05) is 12.1 Å². The van der Waals surface area contributed by atoms with E-state index in [-0.39, 0.29) is 5.76 Å². The Morgan fingerprint density at radius 3 is 2.53 bits per heavy atom. The Kier molecular flexibility index (Phi) is 3.74. The molecule has 1 rings (SSSR count). The molecule has 0 unspecified atom stereocenters. The molecule has 0 aromatic heterocycles. The van der Waals surface area contributed by atoms with Gasteiger partial charge in [0.05, 0.1) is 25.9 Å². The van der Waals surface area contributed by atoms with Crippen molar-refractivity contribution in [3.63, 3.8) is 0 Å². The van der Waals surface area contributed by atoms with E-state index in [0.29, 0.717) is 11.3 Å². The smallest absolute Gasteiger partial charge is 0.332 e. The van der Waals surface area contributed by atoms with Gasteiger partial charge in [0.15, 0.2) is 0 Å². The van der Waals surface area contributed by atoms with Crippen molar-refractivity contribution in [2.75, 3.05) is 14.2 Å². The van der Waals surface area contributed by atoms with Crippen LogP contribution in [0.4, 0.5) is 0 Å². The summed E-state index contributed by atoms with van der Waals surface area (Å²) in [7, 11) is 2.94. The van der Waals surface area contributed by atoms with Crippen molar-refractivity contribution in [3.05, 3.63) is 35.9 Å². The van der Waals surface area contributed by atoms with Crippen molar-refractivity contribution in [2.24, 2.45) is 0 Å². The Morgan fingerprint density at radius 2 is 2.00 bits per heavy atom. The van der Waals surface area contributed by atoms with Crippen LogP contribution >= 0.6 is 0 Å². The normalized spacial score (nSPS) is 10.9. The zero-order valence-corrected chi connectivity index (χ0v) is 8.56. The van der Waals surface area contributed by atoms with Gasteiger partial charge in [-0.15, -0.1) is 0 Å². The fraction of sp³-hybridized carbons (Fsp3) is 0.182. The average Bonchev–Trinajstić information content (AvgIpc) is 2.25. The molecule has 15 heavy (non-hydrogen) atoms. The van der Waals surface area contributed by atoms with Gasteiger partial charge in [0, 0.05) is 0 Å². The van der Waals surface area contributed by atoms with E-state index in [9.17, 15) is 4.79 Å². The minimum atomic E-state index is -1.06. The van der Waals surface area contributed by atoms with Crippen molar-refractivity contribution >= 4 is 11.7 Å². The van der Waals surface area contributed by atoms with Crippen LogP contribution in [-0.4, -0.2) is 25.3 Å². The first kappa shape index (κ1) is 11.1. The number of carbonyl (C=O) groups is 1. The van der Waals surface area contributed by atoms with Gasteiger partial charge in [-0.3, -0.25) is 0 Å². The Hall–Kier alpha value is -1.97. The van der Waals surface area contributed by atoms with Crippen LogP contribution in [-0.2, 0) is 9.53 Å². The van der Waals surface area contributed by atoms with Gasteiger partial charge in [-0.05, 0) is 12.1 Å². The molecule has 0 saturated carbocycles. The molecule has 0 aliphatic heterocycles. The van der Waals surface area contributed by atoms with E-state index in [2.05, 4.69) is 0 Å². The molecule has 0 aliphatic carbocycles. The second-order valence-corrected chi connectivity index (χ2v) is 2.75. The first-order valence-electron chi connectivity index (χ1n) is 4.31. The number of rotatable bonds is 4. The summed E-state index contributed by atoms with van der Waals surface area (Å²) in [4.78, 5) is 10.5. The molecule has 0 fully saturated rings. The predicted molar refractivity (Wildman–Crippen MR) is 55.6 cm³/mol. The highest BCUT2D eigenvalue weighted by molar-refractivity contribution is 5.89. The van der Waals surface area contributed by atoms with Crippen LogP contribution in [0.1, 0.15) is 5.56 Å². The minimum absolute atomic E-state index is 0.264. The summed E-state index contributed by atoms with van der Waals surface area (Å²) in [5.41, 5.74) is 0.616. The molecule has 0 amide bonds. The number of para-hydroxylation sites is 1. The van der Waals surface area contributed by atoms with Crippen LogP contribution in [0.2, 0.25) is 0 Å². The summed E-state index contributed by atoms with van der Waals surface area (Å²) in [5, 5.41) is 8.64. The number of carboxylic acid groups (broad SMARTS) is 1. The maximum atomic E-state index is 10.5. The summed E-state index contributed by atoms with van der Waals surface area (Å²) < 4.78 is 10.1. The zero-order valence-electron chi connectivity index (χ0n) is 8.56. The van der Waals surface area contributed by atoms with Crippen molar-refractivity contribution < 1.29 is 19.4 Å². The lowest BCUT2D eigenvalue weighted by atomic mass is 10.1. The third-order valence-corrected chi connectivity index (χ3v) is 1.85. The molecule has 0 bridgehead atoms. The van der Waals surface area contributed by atoms with Gasteiger partial charge in [0.1, 0.15) is 11.5 Å². The first-order chi connectivity index (χ1) is 7.19. The highest BCUT2D eigenvalue weighted by Crippen LogP contribution is 2.25. The van der Waals surface area contributed by atoms with Crippen LogP contribution in [0, 0.1) is 0 Å². The number of carboxylic acids is 1. The van der Waals surface area contributed by atoms with Gasteiger partial charge in [-0.25, -0.2) is 4.79 Å². The molecule has 0 heterocycles. The summed E-state index contributed by atoms with van der Waals surface area (Å²) in [6.07, 6.45) is 0.998. The lowest BCUT2D eigenvalue weighted by Gasteiger charge is -2.09. The van der Waals surface area contributed by atoms with Crippen LogP contribution in [0.25, 0.3) is 5.76 Å². The molecule has 0 aliphatic rings. The van der Waals surface area contributed by atoms with Gasteiger partial charge < -0.3 is 14.6 Å². The van der Waals surface area contributed by atoms with Crippen molar-refractivity contribution in [3.8, 4) is 5.75 Å². The highest BCUT2D eigenvalue weighted by atomic mass is 16.5. The Morgan fingerprint density at radius 1 is 1.33 bits per heavy atom. The number of hydrogen-bond acceptors (Lipinski definition) is 3. The SMILES string of the molecule is COC(=CC(=O)O)c1ccccc1OC. The molecule has 4 nitrogen and oxygen atoms in total. The second kappa shape index (κ2) is 5.05. The molecule has 0 saturated heterocycles. The van der Waals surface area contributed by atoms with E-state index in [1.165, 1.54) is 14.2 Å². The van der Waals surface area contributed by atoms with Crippen LogP contribution in [0.3, 0.4) is 0 Å². The van der Waals surface area contributed by atoms with Crippen molar-refractivity contribution in [2.45, 2.75) is 0 Å². The quantitative estimate of drug-likeness (QED) is 0.605. The summed E-state index contributed by atoms with van der Waals surface area (Å²) >= 11 is 0. The first-order valence-corrected chi connectivity index (χ1v) is 4.31. The Balaban J connectivity index is 3.17. The summed E-state index contributed by atoms with van der Waals surface area (Å²) in [6.45, 7) is 0. The molecular formula is C11H12O4. The zero-order chi connectivity index (χ0) is 11.3. The molecule has 1 N–H and O–H groups in total. The van der Waals surface area contributed by atoms with Gasteiger partial charge in [0.2, 0.25) is 0 Å². The van der Waals surface area contributed by atoms with Crippen LogP contribution < -0.4 is 4.74 Å². The summed E-state index contributed by atoms with van der Waals surface area (Å²) in [5.74, 6) is -0.218. The van der Waals surface area contributed by atoms with Crippen LogP contribution in [0.15, 0.2) is 30.3 Å². The lowest BCUT2D eigenvalue weighted by molar-refractivity contribution is -0.131. The number of methoxy groups -OCH3 is 2. The standard InChI is InChI=1S/C11H12O4/c1-14-9-6-4-3-5-8(9)10(15-2)7-11(12)13/h3-7H,1-2H3,(H,12,13). The number of aliphatic carboxylic acids is 1. The molecule has 0 spiro atoms. The van der Waals surface area contributed by atoms with E-state index in [0.717, 1.165) is 6.08 Å². The van der Waals surface area contributed by atoms with Gasteiger partial charge in [-0.2, -0.15) is 0 Å². The van der Waals surface area contributed by atoms with E-state index in [1.54, 1.807) is 24.3 Å². The molecule has 80 valence electrons. The van der Waals surface area contributed by atoms with E-state index in [4.69, 9.17) is 14.6 Å². The molecule has 4 heteroatoms. The summed E-state index contributed by atoms with van der Waals surface area (Å²) in [6, 6.07) is 7.06. The number of benzene rings is 1. The largest absolute Gasteiger partial charge is 0.496 e. The molecule has 0 atom stereocenters. The Labute approximate surface area is 87.7 Å². The highest BCUT2D eigenvalue weighted by Gasteiger charge is 2.09. The molecular weight excluding hydrogens is 196 g/mol. The maximum absolute atomic E-state index is 10.5. The number of ether oxygens (including phenoxy) is 2. The number of hydrogen-bond donors (Lipinski definition) is 1. The van der Waals surface area contributed by atoms with Gasteiger partial charge >= 0.3 is 5.97 Å². The average molecular weight is 208 g/mol. The minimum Gasteiger partial charge on any atom is -0.496 e. The van der Waals surface area contributed by atoms with Gasteiger partial charge in [0.25, 0.3) is 0 Å². The van der Waals surface area contributed by atoms with E-state index >= 15 is 0 Å². The fourth-order valence-electron chi connectivity index (χ4n) is 1.21. The third-order valence-electron chi connectivity index (χ3n) is 1.85. The Bertz CT molecular complexity index is 382. The van der Waals surface area contributed by atoms with E-state index < -0.39 is 5.97 Å². The van der Waals surface area contributed by atoms with Crippen LogP contribution in [0.5, 0.6) is 5.75 Å². The molecule has 1 aromatic carbocycles. The second-order valence-electron chi connectivity index (χ2n) is 2.75. The maximum Gasteiger partial charge on any atom is 0.332 e. The van der Waals surface area contributed by atoms with Crippen molar-refractivity contribution in [1.82, 2.24) is 0 Å². The monoisotopic (exact) mass is 208 g/mol. The molecule has 1 aromatic rings. The fourth-order valence-corrected chi connectivity index (χ4v) is 1.21. The topological polar surface area (TPSA) is 55.8 Å². The molecule has 0 radical (unpaired) electrons.